The van der Waals surface area contributed by atoms with Crippen molar-refractivity contribution >= 4 is 21.8 Å². The van der Waals surface area contributed by atoms with Gasteiger partial charge < -0.3 is 14.1 Å². The monoisotopic (exact) mass is 358 g/mol. The fourth-order valence-corrected chi connectivity index (χ4v) is 3.25. The molecule has 5 nitrogen and oxygen atoms in total. The molecule has 1 fully saturated rings. The van der Waals surface area contributed by atoms with Crippen molar-refractivity contribution in [1.29, 1.82) is 0 Å². The number of carbonyl (C=O) groups excluding carboxylic acids is 1. The van der Waals surface area contributed by atoms with Crippen LogP contribution in [0, 0.1) is 0 Å². The third-order valence-electron chi connectivity index (χ3n) is 3.94. The highest BCUT2D eigenvalue weighted by Crippen LogP contribution is 2.20. The lowest BCUT2D eigenvalue weighted by Crippen LogP contribution is -2.58. The van der Waals surface area contributed by atoms with Crippen molar-refractivity contribution in [3.05, 3.63) is 22.6 Å². The summed E-state index contributed by atoms with van der Waals surface area (Å²) in [6.07, 6.45) is 1.02. The van der Waals surface area contributed by atoms with Gasteiger partial charge in [0, 0.05) is 45.4 Å². The summed E-state index contributed by atoms with van der Waals surface area (Å²) in [5, 5.41) is 0. The highest BCUT2D eigenvalue weighted by molar-refractivity contribution is 9.10. The molecule has 0 N–H and O–H groups in total. The quantitative estimate of drug-likeness (QED) is 0.759. The molecule has 0 radical (unpaired) electrons. The van der Waals surface area contributed by atoms with Crippen molar-refractivity contribution in [2.24, 2.45) is 0 Å². The fraction of sp³-hybridized carbons (Fsp3) is 0.667. The maximum absolute atomic E-state index is 12.4. The van der Waals surface area contributed by atoms with Crippen LogP contribution in [0.3, 0.4) is 0 Å². The lowest BCUT2D eigenvalue weighted by Gasteiger charge is -2.44. The molecule has 0 aliphatic carbocycles. The van der Waals surface area contributed by atoms with Gasteiger partial charge in [-0.25, -0.2) is 0 Å². The average molecular weight is 359 g/mol. The van der Waals surface area contributed by atoms with E-state index in [0.717, 1.165) is 32.7 Å². The molecule has 1 aromatic rings. The summed E-state index contributed by atoms with van der Waals surface area (Å²) < 4.78 is 11.1. The number of piperazine rings is 1. The minimum Gasteiger partial charge on any atom is -0.444 e. The Bertz CT molecular complexity index is 465. The molecular formula is C15H23BrN2O3. The minimum absolute atomic E-state index is 0.0315. The topological polar surface area (TPSA) is 45.9 Å². The summed E-state index contributed by atoms with van der Waals surface area (Å²) >= 11 is 3.24. The van der Waals surface area contributed by atoms with Crippen molar-refractivity contribution in [2.75, 3.05) is 33.4 Å². The largest absolute Gasteiger partial charge is 0.444 e. The number of amides is 1. The number of halogens is 1. The van der Waals surface area contributed by atoms with E-state index in [4.69, 9.17) is 9.15 Å². The van der Waals surface area contributed by atoms with E-state index in [0.29, 0.717) is 22.5 Å². The zero-order valence-corrected chi connectivity index (χ0v) is 14.4. The summed E-state index contributed by atoms with van der Waals surface area (Å²) in [4.78, 5) is 16.8. The zero-order valence-electron chi connectivity index (χ0n) is 12.8. The van der Waals surface area contributed by atoms with E-state index in [2.05, 4.69) is 34.7 Å². The van der Waals surface area contributed by atoms with Crippen LogP contribution in [-0.2, 0) is 4.74 Å². The van der Waals surface area contributed by atoms with Crippen LogP contribution < -0.4 is 0 Å². The van der Waals surface area contributed by atoms with Crippen LogP contribution in [0.2, 0.25) is 0 Å². The Hall–Kier alpha value is -0.850. The van der Waals surface area contributed by atoms with Crippen LogP contribution in [0.15, 0.2) is 21.2 Å². The van der Waals surface area contributed by atoms with Gasteiger partial charge in [-0.1, -0.05) is 0 Å². The maximum Gasteiger partial charge on any atom is 0.289 e. The van der Waals surface area contributed by atoms with Crippen molar-refractivity contribution in [3.63, 3.8) is 0 Å². The molecule has 1 aliphatic heterocycles. The minimum atomic E-state index is -0.0315. The van der Waals surface area contributed by atoms with E-state index >= 15 is 0 Å². The van der Waals surface area contributed by atoms with Gasteiger partial charge in [0.2, 0.25) is 0 Å². The predicted molar refractivity (Wildman–Crippen MR) is 84.4 cm³/mol. The molecule has 2 unspecified atom stereocenters. The lowest BCUT2D eigenvalue weighted by molar-refractivity contribution is 0.0250. The molecule has 1 amide bonds. The molecule has 1 aromatic heterocycles. The number of nitrogens with zero attached hydrogens (tertiary/aromatic N) is 2. The SMILES string of the molecule is COCCCN1C(C)CN(C(=O)c2ccc(Br)o2)CC1C. The second-order valence-corrected chi connectivity index (χ2v) is 6.38. The Labute approximate surface area is 134 Å². The number of methoxy groups -OCH3 is 1. The summed E-state index contributed by atoms with van der Waals surface area (Å²) in [6.45, 7) is 7.58. The summed E-state index contributed by atoms with van der Waals surface area (Å²) in [5.41, 5.74) is 0. The van der Waals surface area contributed by atoms with Gasteiger partial charge in [-0.15, -0.1) is 0 Å². The zero-order chi connectivity index (χ0) is 15.4. The Morgan fingerprint density at radius 2 is 2.05 bits per heavy atom. The Morgan fingerprint density at radius 1 is 1.38 bits per heavy atom. The Kier molecular flexibility index (Phi) is 5.84. The molecule has 6 heteroatoms. The molecule has 2 atom stereocenters. The molecule has 1 aliphatic rings. The van der Waals surface area contributed by atoms with E-state index in [-0.39, 0.29) is 5.91 Å². The molecule has 118 valence electrons. The van der Waals surface area contributed by atoms with Crippen molar-refractivity contribution in [1.82, 2.24) is 9.80 Å². The summed E-state index contributed by atoms with van der Waals surface area (Å²) in [6, 6.07) is 4.15. The molecular weight excluding hydrogens is 336 g/mol. The van der Waals surface area contributed by atoms with Crippen LogP contribution in [0.5, 0.6) is 0 Å². The normalized spacial score (nSPS) is 23.5. The Morgan fingerprint density at radius 3 is 2.57 bits per heavy atom. The summed E-state index contributed by atoms with van der Waals surface area (Å²) in [7, 11) is 1.73. The predicted octanol–water partition coefficient (Wildman–Crippen LogP) is 2.61. The number of ether oxygens (including phenoxy) is 1. The van der Waals surface area contributed by atoms with E-state index in [1.54, 1.807) is 19.2 Å². The van der Waals surface area contributed by atoms with E-state index in [1.165, 1.54) is 0 Å². The van der Waals surface area contributed by atoms with Gasteiger partial charge in [-0.05, 0) is 48.3 Å². The second-order valence-electron chi connectivity index (χ2n) is 5.60. The number of hydrogen-bond donors (Lipinski definition) is 0. The van der Waals surface area contributed by atoms with E-state index in [1.807, 2.05) is 4.90 Å². The van der Waals surface area contributed by atoms with Gasteiger partial charge in [0.25, 0.3) is 5.91 Å². The number of hydrogen-bond acceptors (Lipinski definition) is 4. The van der Waals surface area contributed by atoms with E-state index in [9.17, 15) is 4.79 Å². The molecule has 1 saturated heterocycles. The standard InChI is InChI=1S/C15H23BrN2O3/c1-11-9-17(15(19)13-5-6-14(16)21-13)10-12(2)18(11)7-4-8-20-3/h5-6,11-12H,4,7-10H2,1-3H3. The maximum atomic E-state index is 12.4. The van der Waals surface area contributed by atoms with Crippen LogP contribution in [0.25, 0.3) is 0 Å². The summed E-state index contributed by atoms with van der Waals surface area (Å²) in [5.74, 6) is 0.366. The highest BCUT2D eigenvalue weighted by Gasteiger charge is 2.32. The first-order valence-electron chi connectivity index (χ1n) is 7.32. The highest BCUT2D eigenvalue weighted by atomic mass is 79.9. The second kappa shape index (κ2) is 7.42. The molecule has 0 bridgehead atoms. The lowest BCUT2D eigenvalue weighted by atomic mass is 10.1. The van der Waals surface area contributed by atoms with Gasteiger partial charge in [-0.3, -0.25) is 9.69 Å². The van der Waals surface area contributed by atoms with Crippen molar-refractivity contribution in [2.45, 2.75) is 32.4 Å². The van der Waals surface area contributed by atoms with Crippen LogP contribution in [0.4, 0.5) is 0 Å². The number of carbonyl (C=O) groups is 1. The van der Waals surface area contributed by atoms with Gasteiger partial charge in [0.05, 0.1) is 0 Å². The number of furan rings is 1. The van der Waals surface area contributed by atoms with E-state index < -0.39 is 0 Å². The first-order chi connectivity index (χ1) is 10.0. The number of rotatable bonds is 5. The Balaban J connectivity index is 1.96. The van der Waals surface area contributed by atoms with Crippen LogP contribution >= 0.6 is 15.9 Å². The van der Waals surface area contributed by atoms with Crippen LogP contribution in [0.1, 0.15) is 30.8 Å². The molecule has 0 aromatic carbocycles. The molecule has 2 heterocycles. The van der Waals surface area contributed by atoms with Crippen molar-refractivity contribution in [3.8, 4) is 0 Å². The fourth-order valence-electron chi connectivity index (χ4n) is 2.94. The third-order valence-corrected chi connectivity index (χ3v) is 4.36. The first kappa shape index (κ1) is 16.5. The molecule has 21 heavy (non-hydrogen) atoms. The molecule has 2 rings (SSSR count). The van der Waals surface area contributed by atoms with Crippen molar-refractivity contribution < 1.29 is 13.9 Å². The smallest absolute Gasteiger partial charge is 0.289 e. The average Bonchev–Trinajstić information content (AvgIpc) is 2.87. The molecule has 0 saturated carbocycles. The molecule has 0 spiro atoms. The third kappa shape index (κ3) is 4.08. The van der Waals surface area contributed by atoms with Gasteiger partial charge in [0.1, 0.15) is 0 Å². The van der Waals surface area contributed by atoms with Gasteiger partial charge in [0.15, 0.2) is 10.4 Å². The first-order valence-corrected chi connectivity index (χ1v) is 8.11. The van der Waals surface area contributed by atoms with Gasteiger partial charge in [-0.2, -0.15) is 0 Å². The van der Waals surface area contributed by atoms with Gasteiger partial charge >= 0.3 is 0 Å². The van der Waals surface area contributed by atoms with Crippen LogP contribution in [-0.4, -0.2) is 61.1 Å².